The molecule has 2 unspecified atom stereocenters. The molecule has 1 aromatic carbocycles. The lowest BCUT2D eigenvalue weighted by molar-refractivity contribution is 0.475. The summed E-state index contributed by atoms with van der Waals surface area (Å²) in [5.41, 5.74) is 8.65. The van der Waals surface area contributed by atoms with Gasteiger partial charge < -0.3 is 15.5 Å². The number of nitrogens with zero attached hydrogens (tertiary/aromatic N) is 1. The highest BCUT2D eigenvalue weighted by molar-refractivity contribution is 5.73. The lowest BCUT2D eigenvalue weighted by atomic mass is 10.1. The number of fused-ring (bicyclic) bond motifs is 1. The summed E-state index contributed by atoms with van der Waals surface area (Å²) in [5.74, 6) is -0.321. The number of nitrogens with two attached hydrogens (primary N) is 1. The Kier molecular flexibility index (Phi) is 3.16. The van der Waals surface area contributed by atoms with E-state index in [1.165, 1.54) is 11.0 Å². The quantitative estimate of drug-likeness (QED) is 0.867. The van der Waals surface area contributed by atoms with Crippen LogP contribution in [0.15, 0.2) is 27.4 Å². The minimum atomic E-state index is -0.321. The van der Waals surface area contributed by atoms with E-state index in [4.69, 9.17) is 10.2 Å². The van der Waals surface area contributed by atoms with Crippen molar-refractivity contribution >= 4 is 11.1 Å². The number of hydrogen-bond acceptors (Lipinski definition) is 4. The minimum Gasteiger partial charge on any atom is -0.408 e. The summed E-state index contributed by atoms with van der Waals surface area (Å²) in [4.78, 5) is 11.4. The summed E-state index contributed by atoms with van der Waals surface area (Å²) in [5, 5.41) is 3.50. The van der Waals surface area contributed by atoms with Gasteiger partial charge in [-0.2, -0.15) is 0 Å². The zero-order chi connectivity index (χ0) is 13.4. The molecule has 0 bridgehead atoms. The normalized spacial score (nSPS) is 23.3. The maximum Gasteiger partial charge on any atom is 0.419 e. The number of aryl methyl sites for hydroxylation is 1. The van der Waals surface area contributed by atoms with E-state index in [2.05, 4.69) is 5.32 Å². The molecular weight excluding hydrogens is 242 g/mol. The molecule has 1 heterocycles. The smallest absolute Gasteiger partial charge is 0.408 e. The third-order valence-electron chi connectivity index (χ3n) is 3.99. The molecule has 2 aromatic rings. The van der Waals surface area contributed by atoms with Gasteiger partial charge in [0.15, 0.2) is 5.58 Å². The van der Waals surface area contributed by atoms with Crippen molar-refractivity contribution in [1.82, 2.24) is 9.88 Å². The molecule has 1 aliphatic rings. The number of rotatable bonds is 3. The van der Waals surface area contributed by atoms with Crippen molar-refractivity contribution < 1.29 is 4.42 Å². The zero-order valence-corrected chi connectivity index (χ0v) is 11.1. The van der Waals surface area contributed by atoms with Crippen molar-refractivity contribution in [3.8, 4) is 0 Å². The Hall–Kier alpha value is -1.59. The molecule has 2 atom stereocenters. The van der Waals surface area contributed by atoms with Crippen LogP contribution in [0.2, 0.25) is 0 Å². The third-order valence-corrected chi connectivity index (χ3v) is 3.99. The predicted molar refractivity (Wildman–Crippen MR) is 73.9 cm³/mol. The van der Waals surface area contributed by atoms with E-state index in [-0.39, 0.29) is 11.8 Å². The maximum absolute atomic E-state index is 11.4. The molecule has 1 aliphatic carbocycles. The second-order valence-corrected chi connectivity index (χ2v) is 5.31. The molecule has 102 valence electrons. The molecule has 3 N–H and O–H groups in total. The van der Waals surface area contributed by atoms with Gasteiger partial charge in [0, 0.05) is 25.7 Å². The average molecular weight is 261 g/mol. The maximum atomic E-state index is 11.4. The van der Waals surface area contributed by atoms with Crippen molar-refractivity contribution in [2.75, 3.05) is 0 Å². The topological polar surface area (TPSA) is 73.2 Å². The minimum absolute atomic E-state index is 0.266. The molecule has 0 spiro atoms. The van der Waals surface area contributed by atoms with Crippen LogP contribution < -0.4 is 16.8 Å². The first kappa shape index (κ1) is 12.4. The molecule has 0 radical (unpaired) electrons. The van der Waals surface area contributed by atoms with E-state index in [0.717, 1.165) is 30.5 Å². The predicted octanol–water partition coefficient (Wildman–Crippen LogP) is 1.10. The van der Waals surface area contributed by atoms with Crippen LogP contribution in [-0.2, 0) is 13.6 Å². The van der Waals surface area contributed by atoms with Crippen molar-refractivity contribution in [2.45, 2.75) is 37.9 Å². The Balaban J connectivity index is 1.78. The molecule has 1 aromatic heterocycles. The summed E-state index contributed by atoms with van der Waals surface area (Å²) < 4.78 is 6.64. The molecule has 0 amide bonds. The highest BCUT2D eigenvalue weighted by Crippen LogP contribution is 2.18. The van der Waals surface area contributed by atoms with Crippen LogP contribution in [0.25, 0.3) is 11.1 Å². The van der Waals surface area contributed by atoms with Gasteiger partial charge in [-0.1, -0.05) is 12.5 Å². The molecular formula is C14H19N3O2. The highest BCUT2D eigenvalue weighted by atomic mass is 16.4. The first-order valence-corrected chi connectivity index (χ1v) is 6.72. The number of aromatic nitrogens is 1. The van der Waals surface area contributed by atoms with E-state index in [0.29, 0.717) is 11.6 Å². The van der Waals surface area contributed by atoms with Crippen LogP contribution in [0.5, 0.6) is 0 Å². The molecule has 5 nitrogen and oxygen atoms in total. The van der Waals surface area contributed by atoms with Crippen molar-refractivity contribution in [3.63, 3.8) is 0 Å². The highest BCUT2D eigenvalue weighted by Gasteiger charge is 2.22. The Morgan fingerprint density at radius 3 is 3.05 bits per heavy atom. The Labute approximate surface area is 111 Å². The second kappa shape index (κ2) is 4.83. The molecule has 0 aliphatic heterocycles. The first-order valence-electron chi connectivity index (χ1n) is 6.72. The monoisotopic (exact) mass is 261 g/mol. The van der Waals surface area contributed by atoms with Gasteiger partial charge in [0.1, 0.15) is 0 Å². The van der Waals surface area contributed by atoms with Gasteiger partial charge in [-0.25, -0.2) is 4.79 Å². The Morgan fingerprint density at radius 2 is 2.32 bits per heavy atom. The van der Waals surface area contributed by atoms with Crippen LogP contribution in [0.3, 0.4) is 0 Å². The van der Waals surface area contributed by atoms with Crippen molar-refractivity contribution in [2.24, 2.45) is 12.8 Å². The van der Waals surface area contributed by atoms with Crippen LogP contribution >= 0.6 is 0 Å². The van der Waals surface area contributed by atoms with Gasteiger partial charge in [0.05, 0.1) is 5.52 Å². The van der Waals surface area contributed by atoms with E-state index in [1.807, 2.05) is 18.2 Å². The molecule has 0 saturated heterocycles. The second-order valence-electron chi connectivity index (χ2n) is 5.31. The standard InChI is InChI=1S/C14H19N3O2/c1-17-12-7-9(5-6-13(12)19-14(17)18)8-16-11-4-2-3-10(11)15/h5-7,10-11,16H,2-4,8,15H2,1H3. The Morgan fingerprint density at radius 1 is 1.47 bits per heavy atom. The summed E-state index contributed by atoms with van der Waals surface area (Å²) in [6.45, 7) is 0.772. The fraction of sp³-hybridized carbons (Fsp3) is 0.500. The first-order chi connectivity index (χ1) is 9.15. The average Bonchev–Trinajstić information content (AvgIpc) is 2.93. The molecule has 1 saturated carbocycles. The lowest BCUT2D eigenvalue weighted by Gasteiger charge is -2.17. The molecule has 5 heteroatoms. The zero-order valence-electron chi connectivity index (χ0n) is 11.1. The SMILES string of the molecule is Cn1c(=O)oc2ccc(CNC3CCCC3N)cc21. The van der Waals surface area contributed by atoms with E-state index in [9.17, 15) is 4.79 Å². The van der Waals surface area contributed by atoms with Gasteiger partial charge >= 0.3 is 5.76 Å². The van der Waals surface area contributed by atoms with Gasteiger partial charge in [0.25, 0.3) is 0 Å². The molecule has 1 fully saturated rings. The summed E-state index contributed by atoms with van der Waals surface area (Å²) in [7, 11) is 1.72. The fourth-order valence-corrected chi connectivity index (χ4v) is 2.77. The summed E-state index contributed by atoms with van der Waals surface area (Å²) >= 11 is 0. The van der Waals surface area contributed by atoms with Crippen molar-refractivity contribution in [1.29, 1.82) is 0 Å². The van der Waals surface area contributed by atoms with E-state index in [1.54, 1.807) is 7.05 Å². The number of oxazole rings is 1. The van der Waals surface area contributed by atoms with Crippen molar-refractivity contribution in [3.05, 3.63) is 34.3 Å². The van der Waals surface area contributed by atoms with Crippen LogP contribution in [0.1, 0.15) is 24.8 Å². The fourth-order valence-electron chi connectivity index (χ4n) is 2.77. The van der Waals surface area contributed by atoms with E-state index >= 15 is 0 Å². The van der Waals surface area contributed by atoms with Crippen LogP contribution in [0, 0.1) is 0 Å². The van der Waals surface area contributed by atoms with Crippen LogP contribution in [0.4, 0.5) is 0 Å². The van der Waals surface area contributed by atoms with Crippen LogP contribution in [-0.4, -0.2) is 16.7 Å². The number of nitrogens with one attached hydrogen (secondary N) is 1. The van der Waals surface area contributed by atoms with Gasteiger partial charge in [-0.15, -0.1) is 0 Å². The largest absolute Gasteiger partial charge is 0.419 e. The molecule has 19 heavy (non-hydrogen) atoms. The Bertz CT molecular complexity index is 644. The van der Waals surface area contributed by atoms with Gasteiger partial charge in [0.2, 0.25) is 0 Å². The number of benzene rings is 1. The van der Waals surface area contributed by atoms with Gasteiger partial charge in [-0.3, -0.25) is 4.57 Å². The van der Waals surface area contributed by atoms with Gasteiger partial charge in [-0.05, 0) is 30.5 Å². The third kappa shape index (κ3) is 2.31. The number of hydrogen-bond donors (Lipinski definition) is 2. The molecule has 3 rings (SSSR count). The van der Waals surface area contributed by atoms with E-state index < -0.39 is 0 Å². The summed E-state index contributed by atoms with van der Waals surface area (Å²) in [6, 6.07) is 6.50. The lowest BCUT2D eigenvalue weighted by Crippen LogP contribution is -2.40. The summed E-state index contributed by atoms with van der Waals surface area (Å²) in [6.07, 6.45) is 3.45.